The maximum atomic E-state index is 11.7. The maximum Gasteiger partial charge on any atom is 0.180 e. The fourth-order valence-electron chi connectivity index (χ4n) is 3.14. The van der Waals surface area contributed by atoms with Crippen LogP contribution < -0.4 is 10.7 Å². The molecule has 2 N–H and O–H groups in total. The van der Waals surface area contributed by atoms with Gasteiger partial charge in [-0.3, -0.25) is 9.20 Å². The van der Waals surface area contributed by atoms with Gasteiger partial charge in [-0.15, -0.1) is 0 Å². The van der Waals surface area contributed by atoms with E-state index in [2.05, 4.69) is 15.2 Å². The van der Waals surface area contributed by atoms with E-state index in [1.54, 1.807) is 12.4 Å². The average Bonchev–Trinajstić information content (AvgIpc) is 2.97. The number of benzene rings is 2. The Balaban J connectivity index is 2.01. The number of nitrogens with zero attached hydrogens (tertiary/aromatic N) is 3. The molecule has 0 unspecified atom stereocenters. The number of pyridine rings is 1. The summed E-state index contributed by atoms with van der Waals surface area (Å²) >= 11 is 0. The summed E-state index contributed by atoms with van der Waals surface area (Å²) in [5, 5.41) is 15.6. The molecule has 0 spiro atoms. The molecule has 6 nitrogen and oxygen atoms in total. The number of aromatic hydroxyl groups is 1. The Morgan fingerprint density at radius 2 is 2.08 bits per heavy atom. The Labute approximate surface area is 138 Å². The van der Waals surface area contributed by atoms with Gasteiger partial charge in [0.1, 0.15) is 12.1 Å². The molecule has 0 saturated heterocycles. The van der Waals surface area contributed by atoms with Gasteiger partial charge in [-0.1, -0.05) is 0 Å². The van der Waals surface area contributed by atoms with E-state index in [1.165, 1.54) is 12.1 Å². The van der Waals surface area contributed by atoms with Gasteiger partial charge in [0, 0.05) is 30.2 Å². The Morgan fingerprint density at radius 1 is 1.25 bits per heavy atom. The molecule has 122 valence electrons. The van der Waals surface area contributed by atoms with Gasteiger partial charge in [0.2, 0.25) is 0 Å². The summed E-state index contributed by atoms with van der Waals surface area (Å²) in [7, 11) is 4.04. The Morgan fingerprint density at radius 3 is 2.88 bits per heavy atom. The quantitative estimate of drug-likeness (QED) is 0.563. The molecule has 24 heavy (non-hydrogen) atoms. The highest BCUT2D eigenvalue weighted by Crippen LogP contribution is 2.39. The summed E-state index contributed by atoms with van der Waals surface area (Å²) in [4.78, 5) is 18.2. The van der Waals surface area contributed by atoms with Crippen molar-refractivity contribution in [1.82, 2.24) is 14.3 Å². The van der Waals surface area contributed by atoms with Crippen molar-refractivity contribution in [3.05, 3.63) is 46.9 Å². The molecular weight excluding hydrogens is 304 g/mol. The van der Waals surface area contributed by atoms with Crippen LogP contribution in [0.4, 0.5) is 5.69 Å². The Kier molecular flexibility index (Phi) is 3.28. The van der Waals surface area contributed by atoms with Crippen LogP contribution in [0.1, 0.15) is 0 Å². The normalized spacial score (nSPS) is 12.0. The predicted molar refractivity (Wildman–Crippen MR) is 96.4 cm³/mol. The molecule has 2 aromatic heterocycles. The molecule has 4 aromatic rings. The third-order valence-electron chi connectivity index (χ3n) is 4.30. The lowest BCUT2D eigenvalue weighted by Gasteiger charge is -2.15. The molecule has 0 aliphatic heterocycles. The third-order valence-corrected chi connectivity index (χ3v) is 4.30. The maximum absolute atomic E-state index is 11.7. The number of fused-ring (bicyclic) bond motifs is 2. The van der Waals surface area contributed by atoms with Crippen LogP contribution >= 0.6 is 0 Å². The minimum atomic E-state index is -0.0906. The molecule has 0 radical (unpaired) electrons. The topological polar surface area (TPSA) is 69.9 Å². The second-order valence-electron chi connectivity index (χ2n) is 6.23. The highest BCUT2D eigenvalue weighted by molar-refractivity contribution is 6.12. The van der Waals surface area contributed by atoms with Gasteiger partial charge in [-0.05, 0) is 38.4 Å². The Bertz CT molecular complexity index is 1100. The largest absolute Gasteiger partial charge is 0.506 e. The van der Waals surface area contributed by atoms with E-state index >= 15 is 0 Å². The number of nitrogens with one attached hydrogen (secondary N) is 1. The number of hydrogen-bond acceptors (Lipinski definition) is 5. The van der Waals surface area contributed by atoms with Crippen molar-refractivity contribution in [1.29, 1.82) is 0 Å². The second-order valence-corrected chi connectivity index (χ2v) is 6.23. The van der Waals surface area contributed by atoms with Gasteiger partial charge >= 0.3 is 0 Å². The van der Waals surface area contributed by atoms with E-state index in [0.717, 1.165) is 35.2 Å². The summed E-state index contributed by atoms with van der Waals surface area (Å²) in [6.45, 7) is 1.65. The van der Waals surface area contributed by atoms with Crippen LogP contribution in [0.5, 0.6) is 5.75 Å². The zero-order valence-corrected chi connectivity index (χ0v) is 13.6. The second kappa shape index (κ2) is 5.35. The molecule has 0 bridgehead atoms. The fourth-order valence-corrected chi connectivity index (χ4v) is 3.14. The van der Waals surface area contributed by atoms with Gasteiger partial charge in [-0.2, -0.15) is 0 Å². The minimum Gasteiger partial charge on any atom is -0.506 e. The van der Waals surface area contributed by atoms with Gasteiger partial charge in [0.15, 0.2) is 5.43 Å². The lowest BCUT2D eigenvalue weighted by Crippen LogP contribution is -2.20. The molecule has 6 heteroatoms. The van der Waals surface area contributed by atoms with Crippen molar-refractivity contribution in [2.75, 3.05) is 32.5 Å². The van der Waals surface area contributed by atoms with Gasteiger partial charge < -0.3 is 15.3 Å². The third kappa shape index (κ3) is 2.15. The number of rotatable bonds is 4. The van der Waals surface area contributed by atoms with E-state index in [9.17, 15) is 9.90 Å². The van der Waals surface area contributed by atoms with Gasteiger partial charge in [0.05, 0.1) is 21.9 Å². The van der Waals surface area contributed by atoms with E-state index < -0.39 is 0 Å². The number of imidazole rings is 1. The van der Waals surface area contributed by atoms with Crippen molar-refractivity contribution >= 4 is 33.0 Å². The van der Waals surface area contributed by atoms with E-state index in [4.69, 9.17) is 0 Å². The first-order chi connectivity index (χ1) is 11.6. The summed E-state index contributed by atoms with van der Waals surface area (Å²) in [6, 6.07) is 8.52. The number of hydrogen-bond donors (Lipinski definition) is 2. The molecule has 0 fully saturated rings. The highest BCUT2D eigenvalue weighted by Gasteiger charge is 2.17. The van der Waals surface area contributed by atoms with Crippen molar-refractivity contribution < 1.29 is 5.11 Å². The van der Waals surface area contributed by atoms with Gasteiger partial charge in [-0.25, -0.2) is 4.98 Å². The number of aromatic nitrogens is 2. The standard InChI is InChI=1S/C18H18N4O2/c1-21(2)8-7-19-13-5-6-14-17-16(13)18(24)12-4-3-11(23)9-15(12)22(17)10-20-14/h3-6,9-10,19,24H,7-8H2,1-2H3. The van der Waals surface area contributed by atoms with Crippen LogP contribution in [-0.4, -0.2) is 46.6 Å². The van der Waals surface area contributed by atoms with Crippen LogP contribution in [0.2, 0.25) is 0 Å². The Hall–Kier alpha value is -2.86. The van der Waals surface area contributed by atoms with Crippen LogP contribution in [0, 0.1) is 0 Å². The van der Waals surface area contributed by atoms with E-state index in [1.807, 2.05) is 30.6 Å². The fraction of sp³-hybridized carbons (Fsp3) is 0.222. The average molecular weight is 322 g/mol. The monoisotopic (exact) mass is 322 g/mol. The first-order valence-corrected chi connectivity index (χ1v) is 7.83. The van der Waals surface area contributed by atoms with Crippen LogP contribution in [-0.2, 0) is 0 Å². The number of anilines is 1. The zero-order chi connectivity index (χ0) is 16.8. The molecule has 0 aliphatic carbocycles. The summed E-state index contributed by atoms with van der Waals surface area (Å²) in [5.41, 5.74) is 3.05. The molecule has 0 aliphatic rings. The molecule has 0 saturated carbocycles. The summed E-state index contributed by atoms with van der Waals surface area (Å²) in [6.07, 6.45) is 1.70. The van der Waals surface area contributed by atoms with Crippen LogP contribution in [0.3, 0.4) is 0 Å². The van der Waals surface area contributed by atoms with Gasteiger partial charge in [0.25, 0.3) is 0 Å². The first-order valence-electron chi connectivity index (χ1n) is 7.83. The van der Waals surface area contributed by atoms with Crippen molar-refractivity contribution in [2.24, 2.45) is 0 Å². The molecule has 0 atom stereocenters. The zero-order valence-electron chi connectivity index (χ0n) is 13.6. The lowest BCUT2D eigenvalue weighted by molar-refractivity contribution is 0.425. The molecule has 0 amide bonds. The van der Waals surface area contributed by atoms with Crippen molar-refractivity contribution in [3.63, 3.8) is 0 Å². The molecule has 4 rings (SSSR count). The smallest absolute Gasteiger partial charge is 0.180 e. The highest BCUT2D eigenvalue weighted by atomic mass is 16.3. The lowest BCUT2D eigenvalue weighted by atomic mass is 10.1. The molecule has 2 aromatic carbocycles. The van der Waals surface area contributed by atoms with Crippen molar-refractivity contribution in [3.8, 4) is 5.75 Å². The first kappa shape index (κ1) is 14.7. The minimum absolute atomic E-state index is 0.0906. The van der Waals surface area contributed by atoms with Crippen LogP contribution in [0.15, 0.2) is 41.5 Å². The SMILES string of the molecule is CN(C)CCNc1ccc2ncn3c4cc(=O)ccc4c(O)c1c23. The number of likely N-dealkylation sites (N-methyl/N-ethyl adjacent to an activating group) is 1. The summed E-state index contributed by atoms with van der Waals surface area (Å²) < 4.78 is 1.87. The molecular formula is C18H18N4O2. The van der Waals surface area contributed by atoms with Crippen molar-refractivity contribution in [2.45, 2.75) is 0 Å². The van der Waals surface area contributed by atoms with E-state index in [0.29, 0.717) is 10.9 Å². The molecule has 2 heterocycles. The predicted octanol–water partition coefficient (Wildman–Crippen LogP) is 2.12. The van der Waals surface area contributed by atoms with Crippen LogP contribution in [0.25, 0.3) is 27.3 Å². The summed E-state index contributed by atoms with van der Waals surface area (Å²) in [5.74, 6) is 0.177. The van der Waals surface area contributed by atoms with E-state index in [-0.39, 0.29) is 11.2 Å².